The topological polar surface area (TPSA) is 68.0 Å². The summed E-state index contributed by atoms with van der Waals surface area (Å²) in [5.41, 5.74) is 8.11. The lowest BCUT2D eigenvalue weighted by atomic mass is 10.1. The molecule has 5 heteroatoms. The number of rotatable bonds is 5. The predicted octanol–water partition coefficient (Wildman–Crippen LogP) is 0.744. The van der Waals surface area contributed by atoms with E-state index in [0.29, 0.717) is 13.1 Å². The number of carbonyl (C=O) groups is 1. The zero-order valence-electron chi connectivity index (χ0n) is 8.19. The number of nitrogens with one attached hydrogen (secondary N) is 1. The smallest absolute Gasteiger partial charge is 0.224 e. The molecule has 0 aliphatic heterocycles. The van der Waals surface area contributed by atoms with Crippen LogP contribution in [-0.2, 0) is 11.3 Å². The number of thiazole rings is 1. The van der Waals surface area contributed by atoms with Crippen LogP contribution < -0.4 is 11.1 Å². The first kappa shape index (κ1) is 11.1. The number of carbonyl (C=O) groups excluding carboxylic acids is 1. The quantitative estimate of drug-likeness (QED) is 0.758. The van der Waals surface area contributed by atoms with Crippen molar-refractivity contribution in [2.24, 2.45) is 11.7 Å². The van der Waals surface area contributed by atoms with Crippen molar-refractivity contribution in [1.29, 1.82) is 0 Å². The molecule has 3 N–H and O–H groups in total. The Morgan fingerprint density at radius 1 is 1.79 bits per heavy atom. The summed E-state index contributed by atoms with van der Waals surface area (Å²) >= 11 is 1.52. The molecule has 0 saturated carbocycles. The summed E-state index contributed by atoms with van der Waals surface area (Å²) < 4.78 is 0. The summed E-state index contributed by atoms with van der Waals surface area (Å²) in [7, 11) is 0. The zero-order valence-corrected chi connectivity index (χ0v) is 9.01. The van der Waals surface area contributed by atoms with Gasteiger partial charge in [-0.15, -0.1) is 11.3 Å². The van der Waals surface area contributed by atoms with E-state index in [1.165, 1.54) is 11.3 Å². The fraction of sp³-hybridized carbons (Fsp3) is 0.556. The van der Waals surface area contributed by atoms with Crippen LogP contribution in [0.5, 0.6) is 0 Å². The van der Waals surface area contributed by atoms with E-state index in [2.05, 4.69) is 10.3 Å². The van der Waals surface area contributed by atoms with Crippen LogP contribution in [0.3, 0.4) is 0 Å². The van der Waals surface area contributed by atoms with Gasteiger partial charge in [0.15, 0.2) is 0 Å². The molecule has 0 bridgehead atoms. The third-order valence-electron chi connectivity index (χ3n) is 2.08. The van der Waals surface area contributed by atoms with E-state index in [1.807, 2.05) is 12.3 Å². The summed E-state index contributed by atoms with van der Waals surface area (Å²) in [6.45, 7) is 2.86. The molecule has 0 fully saturated rings. The van der Waals surface area contributed by atoms with Crippen LogP contribution in [0.4, 0.5) is 0 Å². The minimum atomic E-state index is -0.0753. The third kappa shape index (κ3) is 3.08. The molecular formula is C9H15N3OS. The number of hydrogen-bond donors (Lipinski definition) is 2. The Hall–Kier alpha value is -0.940. The molecule has 1 amide bonds. The van der Waals surface area contributed by atoms with Gasteiger partial charge in [0.2, 0.25) is 5.91 Å². The van der Waals surface area contributed by atoms with E-state index in [1.54, 1.807) is 5.51 Å². The van der Waals surface area contributed by atoms with E-state index < -0.39 is 0 Å². The molecule has 0 aliphatic carbocycles. The molecule has 14 heavy (non-hydrogen) atoms. The first-order chi connectivity index (χ1) is 6.77. The van der Waals surface area contributed by atoms with Crippen molar-refractivity contribution < 1.29 is 4.79 Å². The molecule has 4 nitrogen and oxygen atoms in total. The molecule has 1 heterocycles. The molecule has 0 aromatic carbocycles. The van der Waals surface area contributed by atoms with Crippen molar-refractivity contribution in [3.05, 3.63) is 16.6 Å². The third-order valence-corrected chi connectivity index (χ3v) is 2.71. The van der Waals surface area contributed by atoms with Crippen molar-refractivity contribution in [3.63, 3.8) is 0 Å². The molecule has 1 atom stereocenters. The fourth-order valence-corrected chi connectivity index (χ4v) is 1.66. The van der Waals surface area contributed by atoms with Gasteiger partial charge in [0, 0.05) is 17.8 Å². The zero-order chi connectivity index (χ0) is 10.4. The summed E-state index contributed by atoms with van der Waals surface area (Å²) in [4.78, 5) is 15.6. The summed E-state index contributed by atoms with van der Waals surface area (Å²) in [5, 5.41) is 4.73. The van der Waals surface area contributed by atoms with Crippen LogP contribution in [0.15, 0.2) is 10.9 Å². The van der Waals surface area contributed by atoms with Crippen molar-refractivity contribution >= 4 is 17.2 Å². The molecule has 0 saturated heterocycles. The number of nitrogens with two attached hydrogens (primary N) is 1. The summed E-state index contributed by atoms with van der Waals surface area (Å²) in [6, 6.07) is 0. The second-order valence-corrected chi connectivity index (χ2v) is 3.76. The minimum Gasteiger partial charge on any atom is -0.350 e. The SMILES string of the molecule is CCC(CN)C(=O)NCc1cscn1. The van der Waals surface area contributed by atoms with Gasteiger partial charge in [-0.25, -0.2) is 4.98 Å². The second kappa shape index (κ2) is 5.72. The molecule has 1 unspecified atom stereocenters. The van der Waals surface area contributed by atoms with Crippen molar-refractivity contribution in [2.75, 3.05) is 6.54 Å². The van der Waals surface area contributed by atoms with Crippen LogP contribution in [0.25, 0.3) is 0 Å². The lowest BCUT2D eigenvalue weighted by Crippen LogP contribution is -2.34. The summed E-state index contributed by atoms with van der Waals surface area (Å²) in [5.74, 6) is -0.0587. The highest BCUT2D eigenvalue weighted by molar-refractivity contribution is 7.07. The van der Waals surface area contributed by atoms with Gasteiger partial charge in [-0.3, -0.25) is 4.79 Å². The Labute approximate surface area is 87.5 Å². The van der Waals surface area contributed by atoms with Gasteiger partial charge < -0.3 is 11.1 Å². The van der Waals surface area contributed by atoms with Gasteiger partial charge in [0.1, 0.15) is 0 Å². The molecular weight excluding hydrogens is 198 g/mol. The molecule has 0 aliphatic rings. The van der Waals surface area contributed by atoms with Gasteiger partial charge in [0.25, 0.3) is 0 Å². The average Bonchev–Trinajstić information content (AvgIpc) is 2.69. The number of aromatic nitrogens is 1. The Balaban J connectivity index is 2.34. The average molecular weight is 213 g/mol. The first-order valence-electron chi connectivity index (χ1n) is 4.62. The molecule has 0 radical (unpaired) electrons. The lowest BCUT2D eigenvalue weighted by molar-refractivity contribution is -0.124. The number of nitrogens with zero attached hydrogens (tertiary/aromatic N) is 1. The monoisotopic (exact) mass is 213 g/mol. The van der Waals surface area contributed by atoms with Crippen LogP contribution in [-0.4, -0.2) is 17.4 Å². The largest absolute Gasteiger partial charge is 0.350 e. The van der Waals surface area contributed by atoms with Crippen molar-refractivity contribution in [2.45, 2.75) is 19.9 Å². The molecule has 1 aromatic heterocycles. The van der Waals surface area contributed by atoms with Crippen LogP contribution in [0.1, 0.15) is 19.0 Å². The molecule has 1 rings (SSSR count). The second-order valence-electron chi connectivity index (χ2n) is 3.04. The fourth-order valence-electron chi connectivity index (χ4n) is 1.11. The first-order valence-corrected chi connectivity index (χ1v) is 5.57. The van der Waals surface area contributed by atoms with E-state index >= 15 is 0 Å². The molecule has 0 spiro atoms. The van der Waals surface area contributed by atoms with Gasteiger partial charge in [0.05, 0.1) is 17.7 Å². The summed E-state index contributed by atoms with van der Waals surface area (Å²) in [6.07, 6.45) is 0.777. The van der Waals surface area contributed by atoms with Crippen molar-refractivity contribution in [3.8, 4) is 0 Å². The van der Waals surface area contributed by atoms with Gasteiger partial charge in [-0.2, -0.15) is 0 Å². The van der Waals surface area contributed by atoms with E-state index in [0.717, 1.165) is 12.1 Å². The highest BCUT2D eigenvalue weighted by Gasteiger charge is 2.13. The Morgan fingerprint density at radius 3 is 3.07 bits per heavy atom. The Bertz CT molecular complexity index is 270. The van der Waals surface area contributed by atoms with Crippen molar-refractivity contribution in [1.82, 2.24) is 10.3 Å². The van der Waals surface area contributed by atoms with Gasteiger partial charge >= 0.3 is 0 Å². The predicted molar refractivity (Wildman–Crippen MR) is 56.8 cm³/mol. The highest BCUT2D eigenvalue weighted by Crippen LogP contribution is 2.03. The van der Waals surface area contributed by atoms with E-state index in [-0.39, 0.29) is 11.8 Å². The lowest BCUT2D eigenvalue weighted by Gasteiger charge is -2.11. The van der Waals surface area contributed by atoms with Gasteiger partial charge in [-0.1, -0.05) is 6.92 Å². The highest BCUT2D eigenvalue weighted by atomic mass is 32.1. The number of amides is 1. The standard InChI is InChI=1S/C9H15N3OS/c1-2-7(3-10)9(13)11-4-8-5-14-6-12-8/h5-7H,2-4,10H2,1H3,(H,11,13). The van der Waals surface area contributed by atoms with E-state index in [4.69, 9.17) is 5.73 Å². The maximum absolute atomic E-state index is 11.5. The maximum atomic E-state index is 11.5. The Morgan fingerprint density at radius 2 is 2.57 bits per heavy atom. The maximum Gasteiger partial charge on any atom is 0.224 e. The minimum absolute atomic E-state index is 0.0167. The normalized spacial score (nSPS) is 12.4. The number of hydrogen-bond acceptors (Lipinski definition) is 4. The van der Waals surface area contributed by atoms with Gasteiger partial charge in [-0.05, 0) is 6.42 Å². The van der Waals surface area contributed by atoms with Crippen LogP contribution >= 0.6 is 11.3 Å². The molecule has 1 aromatic rings. The van der Waals surface area contributed by atoms with E-state index in [9.17, 15) is 4.79 Å². The molecule has 78 valence electrons. The Kier molecular flexibility index (Phi) is 4.55. The van der Waals surface area contributed by atoms with Crippen LogP contribution in [0.2, 0.25) is 0 Å². The van der Waals surface area contributed by atoms with Crippen LogP contribution in [0, 0.1) is 5.92 Å².